The number of piperidine rings is 2. The molecule has 0 aromatic carbocycles. The van der Waals surface area contributed by atoms with Crippen LogP contribution >= 0.6 is 0 Å². The van der Waals surface area contributed by atoms with Gasteiger partial charge in [0.1, 0.15) is 0 Å². The molecule has 0 aromatic rings. The van der Waals surface area contributed by atoms with Gasteiger partial charge in [0.2, 0.25) is 0 Å². The maximum absolute atomic E-state index is 12.7. The molecule has 0 amide bonds. The van der Waals surface area contributed by atoms with Gasteiger partial charge in [-0.1, -0.05) is 0 Å². The van der Waals surface area contributed by atoms with Crippen LogP contribution in [0.1, 0.15) is 25.7 Å². The Labute approximate surface area is 113 Å². The van der Waals surface area contributed by atoms with Crippen molar-refractivity contribution in [3.63, 3.8) is 0 Å². The summed E-state index contributed by atoms with van der Waals surface area (Å²) in [5, 5.41) is 5.87. The summed E-state index contributed by atoms with van der Waals surface area (Å²) in [6.07, 6.45) is -8.83. The molecule has 2 nitrogen and oxygen atoms in total. The van der Waals surface area contributed by atoms with Crippen LogP contribution in [0.5, 0.6) is 0 Å². The maximum atomic E-state index is 12.7. The summed E-state index contributed by atoms with van der Waals surface area (Å²) in [5.74, 6) is -2.83. The highest BCUT2D eigenvalue weighted by molar-refractivity contribution is 4.94. The van der Waals surface area contributed by atoms with Gasteiger partial charge in [-0.15, -0.1) is 0 Å². The summed E-state index contributed by atoms with van der Waals surface area (Å²) < 4.78 is 76.3. The van der Waals surface area contributed by atoms with E-state index >= 15 is 0 Å². The molecule has 0 aliphatic carbocycles. The monoisotopic (exact) mass is 304 g/mol. The molecule has 2 heterocycles. The standard InChI is InChI=1S/C12H18F6N2/c13-11(14,15)7-1-3-19-9(5-7)10-6-8(2-4-20-10)12(16,17)18/h7-10,19-20H,1-6H2. The Kier molecular flexibility index (Phi) is 4.53. The van der Waals surface area contributed by atoms with Gasteiger partial charge in [-0.2, -0.15) is 26.3 Å². The third-order valence-corrected chi connectivity index (χ3v) is 4.29. The van der Waals surface area contributed by atoms with E-state index < -0.39 is 36.3 Å². The van der Waals surface area contributed by atoms with Crippen molar-refractivity contribution in [2.45, 2.75) is 50.1 Å². The minimum absolute atomic E-state index is 0.00454. The van der Waals surface area contributed by atoms with Gasteiger partial charge in [0.05, 0.1) is 11.8 Å². The van der Waals surface area contributed by atoms with Crippen LogP contribution in [0.15, 0.2) is 0 Å². The lowest BCUT2D eigenvalue weighted by Crippen LogP contribution is -2.57. The van der Waals surface area contributed by atoms with E-state index in [-0.39, 0.29) is 38.8 Å². The van der Waals surface area contributed by atoms with E-state index in [1.54, 1.807) is 0 Å². The van der Waals surface area contributed by atoms with Gasteiger partial charge in [-0.05, 0) is 38.8 Å². The molecule has 2 aliphatic rings. The van der Waals surface area contributed by atoms with E-state index in [4.69, 9.17) is 0 Å². The van der Waals surface area contributed by atoms with E-state index in [0.717, 1.165) is 0 Å². The number of nitrogens with one attached hydrogen (secondary N) is 2. The fraction of sp³-hybridized carbons (Fsp3) is 1.00. The first-order valence-corrected chi connectivity index (χ1v) is 6.78. The van der Waals surface area contributed by atoms with Crippen molar-refractivity contribution in [2.75, 3.05) is 13.1 Å². The molecule has 2 N–H and O–H groups in total. The first-order valence-electron chi connectivity index (χ1n) is 6.78. The van der Waals surface area contributed by atoms with E-state index in [2.05, 4.69) is 10.6 Å². The molecule has 118 valence electrons. The maximum Gasteiger partial charge on any atom is 0.391 e. The average Bonchev–Trinajstić information content (AvgIpc) is 2.37. The Morgan fingerprint density at radius 3 is 1.30 bits per heavy atom. The van der Waals surface area contributed by atoms with Gasteiger partial charge in [0.15, 0.2) is 0 Å². The van der Waals surface area contributed by atoms with Crippen LogP contribution in [0.2, 0.25) is 0 Å². The van der Waals surface area contributed by atoms with Crippen molar-refractivity contribution in [3.05, 3.63) is 0 Å². The molecule has 4 atom stereocenters. The first kappa shape index (κ1) is 15.9. The number of hydrogen-bond acceptors (Lipinski definition) is 2. The third-order valence-electron chi connectivity index (χ3n) is 4.29. The fourth-order valence-corrected chi connectivity index (χ4v) is 3.11. The molecule has 2 saturated heterocycles. The molecular formula is C12H18F6N2. The van der Waals surface area contributed by atoms with Crippen molar-refractivity contribution >= 4 is 0 Å². The minimum Gasteiger partial charge on any atom is -0.312 e. The quantitative estimate of drug-likeness (QED) is 0.728. The molecule has 2 fully saturated rings. The van der Waals surface area contributed by atoms with E-state index in [9.17, 15) is 26.3 Å². The Balaban J connectivity index is 1.97. The van der Waals surface area contributed by atoms with E-state index in [1.807, 2.05) is 0 Å². The number of alkyl halides is 6. The fourth-order valence-electron chi connectivity index (χ4n) is 3.11. The Hall–Kier alpha value is -0.500. The van der Waals surface area contributed by atoms with Crippen molar-refractivity contribution in [3.8, 4) is 0 Å². The zero-order valence-corrected chi connectivity index (χ0v) is 10.8. The van der Waals surface area contributed by atoms with Crippen LogP contribution < -0.4 is 10.6 Å². The normalized spacial score (nSPS) is 36.9. The predicted octanol–water partition coefficient (Wildman–Crippen LogP) is 2.85. The number of halogens is 6. The van der Waals surface area contributed by atoms with Crippen molar-refractivity contribution in [1.29, 1.82) is 0 Å². The van der Waals surface area contributed by atoms with Gasteiger partial charge in [0, 0.05) is 12.1 Å². The number of hydrogen-bond donors (Lipinski definition) is 2. The predicted molar refractivity (Wildman–Crippen MR) is 61.1 cm³/mol. The molecule has 2 rings (SSSR count). The highest BCUT2D eigenvalue weighted by Gasteiger charge is 2.47. The molecule has 8 heteroatoms. The summed E-state index contributed by atoms with van der Waals surface area (Å²) >= 11 is 0. The van der Waals surface area contributed by atoms with Crippen LogP contribution in [0, 0.1) is 11.8 Å². The molecule has 0 aromatic heterocycles. The molecule has 0 radical (unpaired) electrons. The zero-order valence-electron chi connectivity index (χ0n) is 10.8. The lowest BCUT2D eigenvalue weighted by Gasteiger charge is -2.40. The largest absolute Gasteiger partial charge is 0.391 e. The number of rotatable bonds is 1. The van der Waals surface area contributed by atoms with Crippen molar-refractivity contribution in [2.24, 2.45) is 11.8 Å². The summed E-state index contributed by atoms with van der Waals surface area (Å²) in [4.78, 5) is 0. The van der Waals surface area contributed by atoms with Crippen LogP contribution in [0.25, 0.3) is 0 Å². The van der Waals surface area contributed by atoms with Crippen molar-refractivity contribution in [1.82, 2.24) is 10.6 Å². The molecule has 2 aliphatic heterocycles. The molecule has 0 spiro atoms. The Morgan fingerprint density at radius 1 is 0.650 bits per heavy atom. The van der Waals surface area contributed by atoms with Crippen molar-refractivity contribution < 1.29 is 26.3 Å². The van der Waals surface area contributed by atoms with E-state index in [0.29, 0.717) is 0 Å². The van der Waals surface area contributed by atoms with Gasteiger partial charge >= 0.3 is 12.4 Å². The molecule has 4 unspecified atom stereocenters. The highest BCUT2D eigenvalue weighted by Crippen LogP contribution is 2.38. The molecule has 20 heavy (non-hydrogen) atoms. The van der Waals surface area contributed by atoms with Gasteiger partial charge in [0.25, 0.3) is 0 Å². The van der Waals surface area contributed by atoms with E-state index in [1.165, 1.54) is 0 Å². The smallest absolute Gasteiger partial charge is 0.312 e. The van der Waals surface area contributed by atoms with Gasteiger partial charge in [-0.25, -0.2) is 0 Å². The van der Waals surface area contributed by atoms with Crippen LogP contribution in [0.4, 0.5) is 26.3 Å². The SMILES string of the molecule is FC(F)(F)C1CCNC(C2CC(C(F)(F)F)CCN2)C1. The summed E-state index contributed by atoms with van der Waals surface area (Å²) in [5.41, 5.74) is 0. The second-order valence-electron chi connectivity index (χ2n) is 5.65. The highest BCUT2D eigenvalue weighted by atomic mass is 19.4. The van der Waals surface area contributed by atoms with Crippen LogP contribution in [0.3, 0.4) is 0 Å². The lowest BCUT2D eigenvalue weighted by atomic mass is 9.82. The van der Waals surface area contributed by atoms with Crippen LogP contribution in [-0.4, -0.2) is 37.5 Å². The topological polar surface area (TPSA) is 24.1 Å². The van der Waals surface area contributed by atoms with Crippen LogP contribution in [-0.2, 0) is 0 Å². The Morgan fingerprint density at radius 2 is 1.00 bits per heavy atom. The van der Waals surface area contributed by atoms with Gasteiger partial charge in [-0.3, -0.25) is 0 Å². The lowest BCUT2D eigenvalue weighted by molar-refractivity contribution is -0.190. The second-order valence-corrected chi connectivity index (χ2v) is 5.65. The second kappa shape index (κ2) is 5.71. The summed E-state index contributed by atoms with van der Waals surface area (Å²) in [6, 6.07) is -1.08. The third kappa shape index (κ3) is 3.78. The zero-order chi connectivity index (χ0) is 15.0. The molecule has 0 bridgehead atoms. The minimum atomic E-state index is -4.27. The first-order chi connectivity index (χ1) is 9.18. The van der Waals surface area contributed by atoms with Gasteiger partial charge < -0.3 is 10.6 Å². The molecular weight excluding hydrogens is 286 g/mol. The summed E-state index contributed by atoms with van der Waals surface area (Å²) in [7, 11) is 0. The average molecular weight is 304 g/mol. The molecule has 0 saturated carbocycles. The Bertz CT molecular complexity index is 295. The summed E-state index contributed by atoms with van der Waals surface area (Å²) in [6.45, 7) is 0.396.